The molecule has 0 saturated carbocycles. The van der Waals surface area contributed by atoms with E-state index < -0.39 is 5.63 Å². The Bertz CT molecular complexity index is 1150. The van der Waals surface area contributed by atoms with Gasteiger partial charge in [-0.05, 0) is 30.3 Å². The smallest absolute Gasteiger partial charge is 0.368 e. The monoisotopic (exact) mass is 317 g/mol. The van der Waals surface area contributed by atoms with Gasteiger partial charge in [-0.15, -0.1) is 10.2 Å². The molecule has 0 unspecified atom stereocenters. The number of nitrogens with zero attached hydrogens (tertiary/aromatic N) is 3. The predicted octanol–water partition coefficient (Wildman–Crippen LogP) is 4.46. The van der Waals surface area contributed by atoms with Crippen LogP contribution in [0.4, 0.5) is 11.5 Å². The predicted molar refractivity (Wildman–Crippen MR) is 90.1 cm³/mol. The van der Waals surface area contributed by atoms with E-state index in [0.717, 1.165) is 10.9 Å². The van der Waals surface area contributed by atoms with Crippen molar-refractivity contribution >= 4 is 33.4 Å². The van der Waals surface area contributed by atoms with Gasteiger partial charge in [0.15, 0.2) is 11.6 Å². The normalized spacial score (nSPS) is 11.5. The lowest BCUT2D eigenvalue weighted by Crippen LogP contribution is -1.98. The van der Waals surface area contributed by atoms with Crippen molar-refractivity contribution in [3.05, 3.63) is 71.1 Å². The fraction of sp³-hybridized carbons (Fsp3) is 0. The lowest BCUT2D eigenvalue weighted by molar-refractivity contribution is 0.469. The number of hydrogen-bond donors (Lipinski definition) is 1. The van der Waals surface area contributed by atoms with E-state index in [1.807, 2.05) is 30.3 Å². The summed E-state index contributed by atoms with van der Waals surface area (Å²) in [6, 6.07) is 17.8. The summed E-state index contributed by atoms with van der Waals surface area (Å²) in [4.78, 5) is 16.3. The third-order valence-electron chi connectivity index (χ3n) is 3.60. The second kappa shape index (κ2) is 5.58. The number of aromatic nitrogens is 1. The van der Waals surface area contributed by atoms with E-state index >= 15 is 0 Å². The van der Waals surface area contributed by atoms with E-state index in [9.17, 15) is 9.90 Å². The fourth-order valence-corrected chi connectivity index (χ4v) is 2.42. The van der Waals surface area contributed by atoms with Crippen molar-refractivity contribution in [3.8, 4) is 5.75 Å². The summed E-state index contributed by atoms with van der Waals surface area (Å²) >= 11 is 0. The Balaban J connectivity index is 1.80. The number of pyridine rings is 1. The maximum atomic E-state index is 12.0. The molecule has 0 aliphatic heterocycles. The zero-order valence-corrected chi connectivity index (χ0v) is 12.4. The Hall–Kier alpha value is -3.54. The average Bonchev–Trinajstić information content (AvgIpc) is 2.61. The number of rotatable bonds is 2. The molecule has 4 rings (SSSR count). The van der Waals surface area contributed by atoms with Crippen LogP contribution in [0.3, 0.4) is 0 Å². The second-order valence-corrected chi connectivity index (χ2v) is 5.15. The van der Waals surface area contributed by atoms with Gasteiger partial charge in [0.1, 0.15) is 5.58 Å². The Kier molecular flexibility index (Phi) is 3.28. The van der Waals surface area contributed by atoms with Crippen molar-refractivity contribution in [1.82, 2.24) is 4.98 Å². The highest BCUT2D eigenvalue weighted by Gasteiger charge is 2.13. The van der Waals surface area contributed by atoms with Gasteiger partial charge in [0, 0.05) is 5.39 Å². The van der Waals surface area contributed by atoms with Crippen LogP contribution in [-0.4, -0.2) is 10.1 Å². The Labute approximate surface area is 135 Å². The van der Waals surface area contributed by atoms with Crippen molar-refractivity contribution in [2.75, 3.05) is 0 Å². The van der Waals surface area contributed by atoms with Crippen LogP contribution < -0.4 is 5.63 Å². The fourth-order valence-electron chi connectivity index (χ4n) is 2.42. The number of para-hydroxylation sites is 2. The molecule has 0 spiro atoms. The molecule has 0 aliphatic rings. The molecular weight excluding hydrogens is 306 g/mol. The molecule has 6 nitrogen and oxygen atoms in total. The SMILES string of the molecule is O=c1oc2ccccc2c(O)c1N=Nc1ccc2ccccc2n1. The summed E-state index contributed by atoms with van der Waals surface area (Å²) in [5.74, 6) is 0.0760. The second-order valence-electron chi connectivity index (χ2n) is 5.15. The standard InChI is InChI=1S/C18H11N3O3/c22-17-12-6-2-4-8-14(12)24-18(23)16(17)21-20-15-10-9-11-5-1-3-7-13(11)19-15/h1-10,22H. The quantitative estimate of drug-likeness (QED) is 0.436. The molecule has 0 atom stereocenters. The topological polar surface area (TPSA) is 88.0 Å². The minimum absolute atomic E-state index is 0.247. The van der Waals surface area contributed by atoms with Crippen LogP contribution in [0.5, 0.6) is 5.75 Å². The highest BCUT2D eigenvalue weighted by molar-refractivity contribution is 5.87. The van der Waals surface area contributed by atoms with Gasteiger partial charge in [0.2, 0.25) is 5.69 Å². The van der Waals surface area contributed by atoms with Crippen molar-refractivity contribution in [3.63, 3.8) is 0 Å². The lowest BCUT2D eigenvalue weighted by atomic mass is 10.2. The summed E-state index contributed by atoms with van der Waals surface area (Å²) in [7, 11) is 0. The van der Waals surface area contributed by atoms with Crippen LogP contribution >= 0.6 is 0 Å². The Morgan fingerprint density at radius 3 is 2.62 bits per heavy atom. The van der Waals surface area contributed by atoms with Gasteiger partial charge < -0.3 is 9.52 Å². The van der Waals surface area contributed by atoms with Gasteiger partial charge in [-0.3, -0.25) is 0 Å². The van der Waals surface area contributed by atoms with E-state index in [1.165, 1.54) is 0 Å². The van der Waals surface area contributed by atoms with Crippen molar-refractivity contribution < 1.29 is 9.52 Å². The molecule has 0 saturated heterocycles. The van der Waals surface area contributed by atoms with E-state index in [0.29, 0.717) is 16.8 Å². The molecule has 0 radical (unpaired) electrons. The first-order valence-electron chi connectivity index (χ1n) is 7.25. The van der Waals surface area contributed by atoms with Gasteiger partial charge in [-0.25, -0.2) is 9.78 Å². The van der Waals surface area contributed by atoms with Crippen molar-refractivity contribution in [2.45, 2.75) is 0 Å². The first-order chi connectivity index (χ1) is 11.7. The summed E-state index contributed by atoms with van der Waals surface area (Å²) in [5.41, 5.74) is 0.0610. The third kappa shape index (κ3) is 2.40. The molecule has 0 bridgehead atoms. The van der Waals surface area contributed by atoms with Crippen LogP contribution in [-0.2, 0) is 0 Å². The van der Waals surface area contributed by atoms with Gasteiger partial charge >= 0.3 is 5.63 Å². The van der Waals surface area contributed by atoms with Crippen LogP contribution in [0.25, 0.3) is 21.9 Å². The summed E-state index contributed by atoms with van der Waals surface area (Å²) in [6.07, 6.45) is 0. The van der Waals surface area contributed by atoms with Gasteiger partial charge in [0.25, 0.3) is 0 Å². The number of fused-ring (bicyclic) bond motifs is 2. The minimum Gasteiger partial charge on any atom is -0.505 e. The lowest BCUT2D eigenvalue weighted by Gasteiger charge is -2.01. The number of hydrogen-bond acceptors (Lipinski definition) is 6. The van der Waals surface area contributed by atoms with Crippen molar-refractivity contribution in [2.24, 2.45) is 10.2 Å². The van der Waals surface area contributed by atoms with Crippen LogP contribution in [0.15, 0.2) is 80.1 Å². The molecule has 2 heterocycles. The summed E-state index contributed by atoms with van der Waals surface area (Å²) < 4.78 is 5.14. The maximum absolute atomic E-state index is 12.0. The maximum Gasteiger partial charge on any atom is 0.368 e. The largest absolute Gasteiger partial charge is 0.505 e. The first kappa shape index (κ1) is 14.1. The zero-order valence-electron chi connectivity index (χ0n) is 12.4. The molecule has 6 heteroatoms. The summed E-state index contributed by atoms with van der Waals surface area (Å²) in [6.45, 7) is 0. The van der Waals surface area contributed by atoms with Crippen molar-refractivity contribution in [1.29, 1.82) is 0 Å². The summed E-state index contributed by atoms with van der Waals surface area (Å²) in [5, 5.41) is 19.4. The zero-order chi connectivity index (χ0) is 16.5. The molecule has 4 aromatic rings. The third-order valence-corrected chi connectivity index (χ3v) is 3.60. The van der Waals surface area contributed by atoms with E-state index in [1.54, 1.807) is 30.3 Å². The van der Waals surface area contributed by atoms with E-state index in [-0.39, 0.29) is 11.4 Å². The molecule has 2 aromatic heterocycles. The average molecular weight is 317 g/mol. The van der Waals surface area contributed by atoms with Crippen LogP contribution in [0.1, 0.15) is 0 Å². The van der Waals surface area contributed by atoms with Gasteiger partial charge in [0.05, 0.1) is 10.9 Å². The van der Waals surface area contributed by atoms with Gasteiger partial charge in [-0.2, -0.15) is 0 Å². The minimum atomic E-state index is -0.754. The molecule has 24 heavy (non-hydrogen) atoms. The van der Waals surface area contributed by atoms with E-state index in [4.69, 9.17) is 4.42 Å². The molecule has 0 amide bonds. The first-order valence-corrected chi connectivity index (χ1v) is 7.25. The van der Waals surface area contributed by atoms with Gasteiger partial charge in [-0.1, -0.05) is 30.3 Å². The highest BCUT2D eigenvalue weighted by atomic mass is 16.4. The van der Waals surface area contributed by atoms with Crippen LogP contribution in [0, 0.1) is 0 Å². The Morgan fingerprint density at radius 1 is 0.917 bits per heavy atom. The highest BCUT2D eigenvalue weighted by Crippen LogP contribution is 2.32. The molecule has 0 aliphatic carbocycles. The number of aromatic hydroxyl groups is 1. The molecule has 2 aromatic carbocycles. The number of azo groups is 1. The molecule has 116 valence electrons. The number of benzene rings is 2. The van der Waals surface area contributed by atoms with Crippen LogP contribution in [0.2, 0.25) is 0 Å². The molecule has 1 N–H and O–H groups in total. The molecule has 0 fully saturated rings. The molecular formula is C18H11N3O3. The van der Waals surface area contributed by atoms with E-state index in [2.05, 4.69) is 15.2 Å². The Morgan fingerprint density at radius 2 is 1.71 bits per heavy atom.